The van der Waals surface area contributed by atoms with Crippen LogP contribution in [0.3, 0.4) is 0 Å². The van der Waals surface area contributed by atoms with Gasteiger partial charge < -0.3 is 25.3 Å². The second-order valence-electron chi connectivity index (χ2n) is 4.87. The van der Waals surface area contributed by atoms with Crippen molar-refractivity contribution in [3.63, 3.8) is 0 Å². The molecular weight excluding hydrogens is 313 g/mol. The van der Waals surface area contributed by atoms with Crippen molar-refractivity contribution in [2.24, 2.45) is 5.73 Å². The molecule has 1 unspecified atom stereocenters. The molecule has 1 aromatic carbocycles. The van der Waals surface area contributed by atoms with Crippen molar-refractivity contribution in [3.8, 4) is 5.75 Å². The lowest BCUT2D eigenvalue weighted by molar-refractivity contribution is -0.00426. The van der Waals surface area contributed by atoms with E-state index in [1.807, 2.05) is 12.1 Å². The van der Waals surface area contributed by atoms with Gasteiger partial charge in [0.25, 0.3) is 0 Å². The molecule has 0 aromatic heterocycles. The number of halogens is 1. The molecule has 0 fully saturated rings. The highest BCUT2D eigenvalue weighted by Crippen LogP contribution is 2.28. The Morgan fingerprint density at radius 3 is 2.95 bits per heavy atom. The van der Waals surface area contributed by atoms with Crippen LogP contribution < -0.4 is 15.9 Å². The van der Waals surface area contributed by atoms with Gasteiger partial charge in [0.05, 0.1) is 12.7 Å². The van der Waals surface area contributed by atoms with Crippen LogP contribution in [0.5, 0.6) is 5.75 Å². The van der Waals surface area contributed by atoms with E-state index in [2.05, 4.69) is 15.9 Å². The van der Waals surface area contributed by atoms with Crippen LogP contribution in [0.1, 0.15) is 18.6 Å². The number of rotatable bonds is 3. The zero-order chi connectivity index (χ0) is 14.0. The van der Waals surface area contributed by atoms with Gasteiger partial charge in [0.1, 0.15) is 18.0 Å². The normalized spacial score (nSPS) is 23.8. The summed E-state index contributed by atoms with van der Waals surface area (Å²) in [7, 11) is 0.262. The molecule has 0 saturated heterocycles. The number of hydrogen-bond acceptors (Lipinski definition) is 5. The van der Waals surface area contributed by atoms with Crippen LogP contribution in [0.15, 0.2) is 16.6 Å². The summed E-state index contributed by atoms with van der Waals surface area (Å²) in [6.07, 6.45) is -0.782. The fraction of sp³-hybridized carbons (Fsp3) is 0.500. The highest BCUT2D eigenvalue weighted by molar-refractivity contribution is 9.10. The largest absolute Gasteiger partial charge is 0.491 e. The Kier molecular flexibility index (Phi) is 4.52. The molecule has 0 radical (unpaired) electrons. The highest BCUT2D eigenvalue weighted by Gasteiger charge is 2.31. The van der Waals surface area contributed by atoms with E-state index in [0.29, 0.717) is 11.3 Å². The predicted molar refractivity (Wildman–Crippen MR) is 77.0 cm³/mol. The standard InChI is InChI=1S/C12H17BBrNO4/c1-12(5-16)6-18-9-3-2-7(14)10(8(17)4-15)11(9)13-19-12/h2-3,8,13,16-17H,4-6,15H2,1H3/t8?,12-/m1/s1. The zero-order valence-corrected chi connectivity index (χ0v) is 12.3. The van der Waals surface area contributed by atoms with Gasteiger partial charge in [0.2, 0.25) is 0 Å². The Bertz CT molecular complexity index is 473. The Balaban J connectivity index is 2.41. The fourth-order valence-corrected chi connectivity index (χ4v) is 2.62. The first-order valence-corrected chi connectivity index (χ1v) is 6.87. The smallest absolute Gasteiger partial charge is 0.313 e. The maximum atomic E-state index is 10.0. The molecule has 0 bridgehead atoms. The SMILES string of the molecule is C[C@@]1(CO)COc2ccc(Br)c(C(O)CN)c2BO1. The van der Waals surface area contributed by atoms with Gasteiger partial charge >= 0.3 is 7.48 Å². The molecule has 104 valence electrons. The van der Waals surface area contributed by atoms with Gasteiger partial charge in [-0.25, -0.2) is 0 Å². The third kappa shape index (κ3) is 2.95. The summed E-state index contributed by atoms with van der Waals surface area (Å²) in [5, 5.41) is 19.4. The van der Waals surface area contributed by atoms with Gasteiger partial charge in [-0.1, -0.05) is 15.9 Å². The molecule has 1 aromatic rings. The highest BCUT2D eigenvalue weighted by atomic mass is 79.9. The second kappa shape index (κ2) is 5.81. The Labute approximate surface area is 121 Å². The number of ether oxygens (including phenoxy) is 1. The van der Waals surface area contributed by atoms with Gasteiger partial charge in [-0.15, -0.1) is 0 Å². The van der Waals surface area contributed by atoms with Crippen molar-refractivity contribution in [2.45, 2.75) is 18.6 Å². The number of fused-ring (bicyclic) bond motifs is 1. The van der Waals surface area contributed by atoms with E-state index < -0.39 is 11.7 Å². The van der Waals surface area contributed by atoms with Crippen LogP contribution in [-0.4, -0.2) is 43.1 Å². The van der Waals surface area contributed by atoms with E-state index in [0.717, 1.165) is 9.94 Å². The molecule has 1 heterocycles. The van der Waals surface area contributed by atoms with Crippen LogP contribution >= 0.6 is 15.9 Å². The Hall–Kier alpha value is -0.595. The molecule has 5 nitrogen and oxygen atoms in total. The molecule has 4 N–H and O–H groups in total. The van der Waals surface area contributed by atoms with Crippen molar-refractivity contribution in [1.29, 1.82) is 0 Å². The monoisotopic (exact) mass is 329 g/mol. The quantitative estimate of drug-likeness (QED) is 0.656. The first kappa shape index (κ1) is 14.8. The van der Waals surface area contributed by atoms with Crippen molar-refractivity contribution >= 4 is 28.9 Å². The average molecular weight is 330 g/mol. The van der Waals surface area contributed by atoms with E-state index in [1.165, 1.54) is 0 Å². The maximum absolute atomic E-state index is 10.0. The minimum absolute atomic E-state index is 0.117. The molecular formula is C12H17BBrNO4. The molecule has 0 spiro atoms. The maximum Gasteiger partial charge on any atom is 0.313 e. The number of benzene rings is 1. The number of nitrogens with two attached hydrogens (primary N) is 1. The Morgan fingerprint density at radius 1 is 1.58 bits per heavy atom. The first-order chi connectivity index (χ1) is 9.00. The molecule has 1 aliphatic rings. The first-order valence-electron chi connectivity index (χ1n) is 6.08. The van der Waals surface area contributed by atoms with Crippen LogP contribution in [0.4, 0.5) is 0 Å². The summed E-state index contributed by atoms with van der Waals surface area (Å²) in [5.74, 6) is 0.655. The zero-order valence-electron chi connectivity index (χ0n) is 10.7. The van der Waals surface area contributed by atoms with Crippen molar-refractivity contribution in [3.05, 3.63) is 22.2 Å². The summed E-state index contributed by atoms with van der Waals surface area (Å²) in [5.41, 5.74) is 6.24. The van der Waals surface area contributed by atoms with E-state index in [9.17, 15) is 10.2 Å². The number of aliphatic hydroxyl groups excluding tert-OH is 2. The minimum atomic E-state index is -0.782. The molecule has 2 atom stereocenters. The average Bonchev–Trinajstić information content (AvgIpc) is 2.59. The van der Waals surface area contributed by atoms with Crippen LogP contribution in [0.25, 0.3) is 0 Å². The predicted octanol–water partition coefficient (Wildman–Crippen LogP) is -0.422. The van der Waals surface area contributed by atoms with Crippen LogP contribution in [0, 0.1) is 0 Å². The van der Waals surface area contributed by atoms with Crippen molar-refractivity contribution in [2.75, 3.05) is 19.8 Å². The number of aliphatic hydroxyl groups is 2. The molecule has 1 aliphatic heterocycles. The van der Waals surface area contributed by atoms with Crippen LogP contribution in [0.2, 0.25) is 0 Å². The molecule has 19 heavy (non-hydrogen) atoms. The molecule has 0 amide bonds. The van der Waals surface area contributed by atoms with E-state index in [-0.39, 0.29) is 27.2 Å². The van der Waals surface area contributed by atoms with Gasteiger partial charge in [0, 0.05) is 11.0 Å². The van der Waals surface area contributed by atoms with Crippen LogP contribution in [-0.2, 0) is 4.65 Å². The summed E-state index contributed by atoms with van der Waals surface area (Å²) in [6, 6.07) is 3.63. The fourth-order valence-electron chi connectivity index (χ4n) is 1.99. The van der Waals surface area contributed by atoms with E-state index >= 15 is 0 Å². The molecule has 7 heteroatoms. The summed E-state index contributed by atoms with van der Waals surface area (Å²) in [6.45, 7) is 2.03. The van der Waals surface area contributed by atoms with Gasteiger partial charge in [-0.3, -0.25) is 0 Å². The topological polar surface area (TPSA) is 84.9 Å². The van der Waals surface area contributed by atoms with Gasteiger partial charge in [-0.2, -0.15) is 0 Å². The van der Waals surface area contributed by atoms with Gasteiger partial charge in [0.15, 0.2) is 0 Å². The third-order valence-corrected chi connectivity index (χ3v) is 3.94. The van der Waals surface area contributed by atoms with E-state index in [1.54, 1.807) is 6.92 Å². The second-order valence-corrected chi connectivity index (χ2v) is 5.73. The summed E-state index contributed by atoms with van der Waals surface area (Å²) >= 11 is 3.41. The summed E-state index contributed by atoms with van der Waals surface area (Å²) < 4.78 is 12.2. The molecule has 0 aliphatic carbocycles. The van der Waals surface area contributed by atoms with Crippen molar-refractivity contribution in [1.82, 2.24) is 0 Å². The molecule has 2 rings (SSSR count). The minimum Gasteiger partial charge on any atom is -0.491 e. The Morgan fingerprint density at radius 2 is 2.32 bits per heavy atom. The van der Waals surface area contributed by atoms with E-state index in [4.69, 9.17) is 15.1 Å². The van der Waals surface area contributed by atoms with Crippen molar-refractivity contribution < 1.29 is 19.6 Å². The third-order valence-electron chi connectivity index (χ3n) is 3.25. The number of hydrogen-bond donors (Lipinski definition) is 3. The summed E-state index contributed by atoms with van der Waals surface area (Å²) in [4.78, 5) is 0. The lowest BCUT2D eigenvalue weighted by atomic mass is 9.80. The lowest BCUT2D eigenvalue weighted by Crippen LogP contribution is -2.40. The lowest BCUT2D eigenvalue weighted by Gasteiger charge is -2.25. The van der Waals surface area contributed by atoms with Gasteiger partial charge in [-0.05, 0) is 30.1 Å². The molecule has 0 saturated carbocycles.